The van der Waals surface area contributed by atoms with Crippen LogP contribution in [0, 0.1) is 0 Å². The molecule has 0 saturated carbocycles. The topological polar surface area (TPSA) is 9.86 Å². The van der Waals surface area contributed by atoms with Crippen molar-refractivity contribution < 1.29 is 0 Å². The quantitative estimate of drug-likeness (QED) is 0.158. The van der Waals surface area contributed by atoms with Crippen molar-refractivity contribution in [3.63, 3.8) is 0 Å². The Morgan fingerprint density at radius 1 is 0.194 bits per heavy atom. The van der Waals surface area contributed by atoms with Gasteiger partial charge in [0.2, 0.25) is 0 Å². The molecule has 62 heavy (non-hydrogen) atoms. The zero-order chi connectivity index (χ0) is 39.9. The molecular formula is C60H32N2. The van der Waals surface area contributed by atoms with Gasteiger partial charge in [0.25, 0.3) is 0 Å². The number of hydrogen-bond donors (Lipinski definition) is 0. The zero-order valence-corrected chi connectivity index (χ0v) is 33.4. The zero-order valence-electron chi connectivity index (χ0n) is 33.4. The Bertz CT molecular complexity index is 4230. The minimum atomic E-state index is 1.22. The highest BCUT2D eigenvalue weighted by Crippen LogP contribution is 2.49. The van der Waals surface area contributed by atoms with Gasteiger partial charge in [0.1, 0.15) is 0 Å². The lowest BCUT2D eigenvalue weighted by Crippen LogP contribution is -1.97. The maximum Gasteiger partial charge on any atom is 0.0548 e. The molecule has 0 radical (unpaired) electrons. The summed E-state index contributed by atoms with van der Waals surface area (Å²) in [6.07, 6.45) is 0. The fraction of sp³-hybridized carbons (Fsp3) is 0. The van der Waals surface area contributed by atoms with Crippen molar-refractivity contribution in [2.45, 2.75) is 0 Å². The van der Waals surface area contributed by atoms with Crippen LogP contribution in [0.1, 0.15) is 0 Å². The van der Waals surface area contributed by atoms with Crippen LogP contribution in [-0.2, 0) is 0 Å². The average Bonchev–Trinajstić information content (AvgIpc) is 3.85. The summed E-state index contributed by atoms with van der Waals surface area (Å²) in [5.41, 5.74) is 9.94. The molecule has 0 N–H and O–H groups in total. The van der Waals surface area contributed by atoms with E-state index in [-0.39, 0.29) is 0 Å². The van der Waals surface area contributed by atoms with Gasteiger partial charge in [-0.15, -0.1) is 0 Å². The number of hydrogen-bond acceptors (Lipinski definition) is 0. The van der Waals surface area contributed by atoms with E-state index in [0.29, 0.717) is 0 Å². The first-order valence-electron chi connectivity index (χ1n) is 21.7. The van der Waals surface area contributed by atoms with E-state index in [1.54, 1.807) is 0 Å². The van der Waals surface area contributed by atoms with Crippen LogP contribution in [0.3, 0.4) is 0 Å². The second-order valence-electron chi connectivity index (χ2n) is 17.5. The summed E-state index contributed by atoms with van der Waals surface area (Å²) in [7, 11) is 0. The lowest BCUT2D eigenvalue weighted by atomic mass is 9.90. The molecule has 0 spiro atoms. The van der Waals surface area contributed by atoms with E-state index < -0.39 is 0 Å². The summed E-state index contributed by atoms with van der Waals surface area (Å²) >= 11 is 0. The first kappa shape index (κ1) is 31.7. The monoisotopic (exact) mass is 780 g/mol. The molecule has 0 amide bonds. The van der Waals surface area contributed by atoms with Crippen LogP contribution >= 0.6 is 0 Å². The summed E-state index contributed by atoms with van der Waals surface area (Å²) in [5.74, 6) is 0. The lowest BCUT2D eigenvalue weighted by molar-refractivity contribution is 1.20. The van der Waals surface area contributed by atoms with Crippen LogP contribution in [0.15, 0.2) is 194 Å². The summed E-state index contributed by atoms with van der Waals surface area (Å²) in [6.45, 7) is 0. The molecule has 2 nitrogen and oxygen atoms in total. The highest BCUT2D eigenvalue weighted by Gasteiger charge is 2.24. The van der Waals surface area contributed by atoms with E-state index in [1.807, 2.05) is 0 Å². The molecule has 2 heteroatoms. The molecule has 0 aliphatic rings. The van der Waals surface area contributed by atoms with Gasteiger partial charge in [0, 0.05) is 32.3 Å². The van der Waals surface area contributed by atoms with E-state index in [2.05, 4.69) is 203 Å². The molecule has 0 unspecified atom stereocenters. The second-order valence-corrected chi connectivity index (χ2v) is 17.5. The smallest absolute Gasteiger partial charge is 0.0548 e. The lowest BCUT2D eigenvalue weighted by Gasteiger charge is -2.17. The van der Waals surface area contributed by atoms with Gasteiger partial charge < -0.3 is 9.13 Å². The van der Waals surface area contributed by atoms with Crippen molar-refractivity contribution in [3.8, 4) is 22.5 Å². The number of aromatic nitrogens is 2. The van der Waals surface area contributed by atoms with Crippen LogP contribution in [-0.4, -0.2) is 9.13 Å². The van der Waals surface area contributed by atoms with E-state index >= 15 is 0 Å². The largest absolute Gasteiger partial charge is 0.309 e. The molecule has 0 bridgehead atoms. The van der Waals surface area contributed by atoms with Crippen LogP contribution in [0.5, 0.6) is 0 Å². The van der Waals surface area contributed by atoms with Gasteiger partial charge in [-0.1, -0.05) is 158 Å². The van der Waals surface area contributed by atoms with E-state index in [4.69, 9.17) is 0 Å². The number of nitrogens with zero attached hydrogens (tertiary/aromatic N) is 2. The van der Waals surface area contributed by atoms with Gasteiger partial charge in [-0.05, 0) is 123 Å². The molecule has 0 saturated heterocycles. The van der Waals surface area contributed by atoms with Gasteiger partial charge in [0.05, 0.1) is 33.4 Å². The Morgan fingerprint density at radius 2 is 0.500 bits per heavy atom. The Kier molecular flexibility index (Phi) is 5.59. The number of rotatable bonds is 3. The van der Waals surface area contributed by atoms with Crippen LogP contribution < -0.4 is 0 Å². The van der Waals surface area contributed by atoms with Gasteiger partial charge in [-0.25, -0.2) is 0 Å². The van der Waals surface area contributed by atoms with Gasteiger partial charge in [-0.2, -0.15) is 0 Å². The molecule has 282 valence electrons. The minimum absolute atomic E-state index is 1.22. The van der Waals surface area contributed by atoms with Crippen LogP contribution in [0.25, 0.3) is 152 Å². The molecular weight excluding hydrogens is 749 g/mol. The molecule has 16 rings (SSSR count). The van der Waals surface area contributed by atoms with Crippen molar-refractivity contribution in [2.75, 3.05) is 0 Å². The summed E-state index contributed by atoms with van der Waals surface area (Å²) in [5, 5.41) is 26.1. The summed E-state index contributed by atoms with van der Waals surface area (Å²) < 4.78 is 5.06. The van der Waals surface area contributed by atoms with E-state index in [0.717, 1.165) is 0 Å². The summed E-state index contributed by atoms with van der Waals surface area (Å²) in [4.78, 5) is 0. The average molecular weight is 781 g/mol. The third-order valence-corrected chi connectivity index (χ3v) is 14.7. The van der Waals surface area contributed by atoms with Crippen LogP contribution in [0.2, 0.25) is 0 Å². The second kappa shape index (κ2) is 10.9. The molecule has 0 aliphatic carbocycles. The van der Waals surface area contributed by atoms with Crippen molar-refractivity contribution in [1.82, 2.24) is 9.13 Å². The highest BCUT2D eigenvalue weighted by atomic mass is 15.0. The Hall–Kier alpha value is -8.20. The van der Waals surface area contributed by atoms with Gasteiger partial charge in [-0.3, -0.25) is 0 Å². The van der Waals surface area contributed by atoms with E-state index in [9.17, 15) is 0 Å². The normalized spacial score (nSPS) is 12.8. The predicted octanol–water partition coefficient (Wildman–Crippen LogP) is 16.5. The molecule has 16 aromatic rings. The summed E-state index contributed by atoms with van der Waals surface area (Å²) in [6, 6.07) is 73.6. The molecule has 2 aromatic heterocycles. The van der Waals surface area contributed by atoms with Crippen molar-refractivity contribution in [3.05, 3.63) is 194 Å². The third-order valence-electron chi connectivity index (χ3n) is 14.7. The third kappa shape index (κ3) is 3.71. The van der Waals surface area contributed by atoms with Crippen molar-refractivity contribution in [1.29, 1.82) is 0 Å². The maximum atomic E-state index is 2.53. The minimum Gasteiger partial charge on any atom is -0.309 e. The van der Waals surface area contributed by atoms with Gasteiger partial charge >= 0.3 is 0 Å². The first-order valence-corrected chi connectivity index (χ1v) is 21.7. The Morgan fingerprint density at radius 3 is 0.919 bits per heavy atom. The molecule has 14 aromatic carbocycles. The molecule has 0 aliphatic heterocycles. The highest BCUT2D eigenvalue weighted by molar-refractivity contribution is 6.32. The molecule has 0 atom stereocenters. The number of benzene rings is 14. The molecule has 0 fully saturated rings. The fourth-order valence-corrected chi connectivity index (χ4v) is 12.2. The first-order chi connectivity index (χ1) is 30.8. The Labute approximate surface area is 354 Å². The SMILES string of the molecule is c1cc2ccc3ccc(-n4c5cccc6ccc7c(-c8ccc9c%10c8ccc8cccc(c8%10)n9-c8ccc9ccc%10cccc%11ccc8c9c%10%11)ccc4c7c65)c4ccc(c1)c2c34. The predicted molar refractivity (Wildman–Crippen MR) is 265 cm³/mol. The standard InChI is InChI=1S/C60H32N2/c1-5-33-13-15-39-21-29-47(45-25-19-35(7-1)53(33)55(39)45)61-49-11-3-9-37-17-23-43-41(27-31-51(61)59(43)57(37)49)42-28-32-52-60-44(42)24-18-38-10-4-12-50(58(38)60)62(52)48-30-22-40-16-14-34-6-2-8-36-20-26-46(48)56(40)54(34)36/h1-32H. The molecule has 2 heterocycles. The van der Waals surface area contributed by atoms with Gasteiger partial charge in [0.15, 0.2) is 0 Å². The van der Waals surface area contributed by atoms with E-state index in [1.165, 1.54) is 152 Å². The fourth-order valence-electron chi connectivity index (χ4n) is 12.2. The van der Waals surface area contributed by atoms with Crippen molar-refractivity contribution in [2.24, 2.45) is 0 Å². The van der Waals surface area contributed by atoms with Crippen molar-refractivity contribution >= 4 is 130 Å². The van der Waals surface area contributed by atoms with Crippen LogP contribution in [0.4, 0.5) is 0 Å². The maximum absolute atomic E-state index is 2.53. The Balaban J connectivity index is 0.970.